The van der Waals surface area contributed by atoms with E-state index in [0.717, 1.165) is 4.48 Å². The molecule has 0 aliphatic carbocycles. The van der Waals surface area contributed by atoms with E-state index in [1.54, 1.807) is 12.1 Å². The van der Waals surface area contributed by atoms with Gasteiger partial charge in [-0.1, -0.05) is 22.5 Å². The van der Waals surface area contributed by atoms with Crippen molar-refractivity contribution in [2.45, 2.75) is 0 Å². The third kappa shape index (κ3) is 3.22. The van der Waals surface area contributed by atoms with Crippen LogP contribution in [0.3, 0.4) is 0 Å². The molecule has 3 nitrogen and oxygen atoms in total. The van der Waals surface area contributed by atoms with Crippen LogP contribution in [0.4, 0.5) is 0 Å². The van der Waals surface area contributed by atoms with Gasteiger partial charge >= 0.3 is 5.97 Å². The van der Waals surface area contributed by atoms with E-state index in [-0.39, 0.29) is 5.56 Å². The Balaban J connectivity index is 2.64. The van der Waals surface area contributed by atoms with Gasteiger partial charge in [-0.25, -0.2) is 4.79 Å². The molecular formula is C10H9BrO3. The molecule has 74 valence electrons. The van der Waals surface area contributed by atoms with E-state index in [0.29, 0.717) is 12.4 Å². The van der Waals surface area contributed by atoms with Crippen LogP contribution >= 0.6 is 15.9 Å². The summed E-state index contributed by atoms with van der Waals surface area (Å²) >= 11 is 3.16. The molecule has 1 rings (SSSR count). The molecule has 0 unspecified atom stereocenters. The van der Waals surface area contributed by atoms with Gasteiger partial charge in [0.25, 0.3) is 0 Å². The molecule has 0 radical (unpaired) electrons. The highest BCUT2D eigenvalue weighted by Crippen LogP contribution is 2.13. The van der Waals surface area contributed by atoms with Crippen molar-refractivity contribution in [3.63, 3.8) is 0 Å². The highest BCUT2D eigenvalue weighted by Gasteiger charge is 2.01. The van der Waals surface area contributed by atoms with Crippen molar-refractivity contribution in [3.05, 3.63) is 40.9 Å². The summed E-state index contributed by atoms with van der Waals surface area (Å²) in [5.74, 6) is -0.322. The number of benzene rings is 1. The predicted octanol–water partition coefficient (Wildman–Crippen LogP) is 2.67. The second-order valence-electron chi connectivity index (χ2n) is 2.64. The largest absolute Gasteiger partial charge is 0.488 e. The molecule has 0 saturated carbocycles. The Morgan fingerprint density at radius 3 is 2.43 bits per heavy atom. The predicted molar refractivity (Wildman–Crippen MR) is 57.0 cm³/mol. The lowest BCUT2D eigenvalue weighted by molar-refractivity contribution is 0.0697. The standard InChI is InChI=1S/C10H9BrO3/c1-7(11)6-14-9-4-2-8(3-5-9)10(12)13/h2-5H,1,6H2,(H,12,13). The molecule has 0 fully saturated rings. The zero-order valence-corrected chi connectivity index (χ0v) is 8.95. The van der Waals surface area contributed by atoms with Crippen molar-refractivity contribution >= 4 is 21.9 Å². The van der Waals surface area contributed by atoms with Gasteiger partial charge < -0.3 is 9.84 Å². The second-order valence-corrected chi connectivity index (χ2v) is 3.76. The quantitative estimate of drug-likeness (QED) is 0.901. The number of rotatable bonds is 4. The topological polar surface area (TPSA) is 46.5 Å². The molecule has 1 aromatic carbocycles. The molecule has 1 aromatic rings. The number of hydrogen-bond acceptors (Lipinski definition) is 2. The van der Waals surface area contributed by atoms with Gasteiger partial charge in [-0.05, 0) is 24.3 Å². The maximum Gasteiger partial charge on any atom is 0.335 e. The highest BCUT2D eigenvalue weighted by atomic mass is 79.9. The first kappa shape index (κ1) is 10.8. The van der Waals surface area contributed by atoms with E-state index in [1.165, 1.54) is 12.1 Å². The van der Waals surface area contributed by atoms with Crippen molar-refractivity contribution in [1.82, 2.24) is 0 Å². The summed E-state index contributed by atoms with van der Waals surface area (Å²) in [6.45, 7) is 3.98. The van der Waals surface area contributed by atoms with Crippen LogP contribution in [-0.4, -0.2) is 17.7 Å². The highest BCUT2D eigenvalue weighted by molar-refractivity contribution is 9.11. The summed E-state index contributed by atoms with van der Waals surface area (Å²) in [4.78, 5) is 10.5. The number of halogens is 1. The number of aromatic carboxylic acids is 1. The van der Waals surface area contributed by atoms with E-state index in [4.69, 9.17) is 9.84 Å². The van der Waals surface area contributed by atoms with E-state index < -0.39 is 5.97 Å². The average molecular weight is 257 g/mol. The number of carboxylic acid groups (broad SMARTS) is 1. The van der Waals surface area contributed by atoms with E-state index in [2.05, 4.69) is 22.5 Å². The Morgan fingerprint density at radius 1 is 1.43 bits per heavy atom. The Bertz CT molecular complexity index is 343. The first-order chi connectivity index (χ1) is 6.59. The molecule has 0 heterocycles. The monoisotopic (exact) mass is 256 g/mol. The fourth-order valence-electron chi connectivity index (χ4n) is 0.855. The van der Waals surface area contributed by atoms with Crippen molar-refractivity contribution in [3.8, 4) is 5.75 Å². The van der Waals surface area contributed by atoms with E-state index in [1.807, 2.05) is 0 Å². The molecule has 0 bridgehead atoms. The summed E-state index contributed by atoms with van der Waals surface area (Å²) < 4.78 is 6.00. The van der Waals surface area contributed by atoms with Gasteiger partial charge in [0.1, 0.15) is 12.4 Å². The smallest absolute Gasteiger partial charge is 0.335 e. The number of carbonyl (C=O) groups is 1. The average Bonchev–Trinajstić information content (AvgIpc) is 2.15. The Morgan fingerprint density at radius 2 is 2.00 bits per heavy atom. The Hall–Kier alpha value is -1.29. The molecule has 0 amide bonds. The Kier molecular flexibility index (Phi) is 3.71. The zero-order chi connectivity index (χ0) is 10.6. The van der Waals surface area contributed by atoms with Gasteiger partial charge in [-0.3, -0.25) is 0 Å². The van der Waals surface area contributed by atoms with Crippen LogP contribution in [0.5, 0.6) is 5.75 Å². The molecule has 0 aliphatic rings. The van der Waals surface area contributed by atoms with Gasteiger partial charge in [0.15, 0.2) is 0 Å². The zero-order valence-electron chi connectivity index (χ0n) is 7.37. The fourth-order valence-corrected chi connectivity index (χ4v) is 0.970. The van der Waals surface area contributed by atoms with Gasteiger partial charge in [0.05, 0.1) is 5.56 Å². The molecule has 14 heavy (non-hydrogen) atoms. The number of ether oxygens (including phenoxy) is 1. The minimum absolute atomic E-state index is 0.245. The second kappa shape index (κ2) is 4.81. The third-order valence-corrected chi connectivity index (χ3v) is 1.73. The number of carboxylic acids is 1. The fraction of sp³-hybridized carbons (Fsp3) is 0.100. The minimum atomic E-state index is -0.943. The van der Waals surface area contributed by atoms with Crippen LogP contribution < -0.4 is 4.74 Å². The lowest BCUT2D eigenvalue weighted by atomic mass is 10.2. The van der Waals surface area contributed by atoms with Crippen LogP contribution in [-0.2, 0) is 0 Å². The van der Waals surface area contributed by atoms with Gasteiger partial charge in [-0.15, -0.1) is 0 Å². The van der Waals surface area contributed by atoms with Crippen LogP contribution in [0.25, 0.3) is 0 Å². The van der Waals surface area contributed by atoms with Crippen LogP contribution in [0, 0.1) is 0 Å². The summed E-state index contributed by atoms with van der Waals surface area (Å²) in [5.41, 5.74) is 0.245. The molecule has 0 atom stereocenters. The van der Waals surface area contributed by atoms with E-state index >= 15 is 0 Å². The summed E-state index contributed by atoms with van der Waals surface area (Å²) in [5, 5.41) is 8.63. The summed E-state index contributed by atoms with van der Waals surface area (Å²) in [6.07, 6.45) is 0. The SMILES string of the molecule is C=C(Br)COc1ccc(C(=O)O)cc1. The first-order valence-electron chi connectivity index (χ1n) is 3.89. The van der Waals surface area contributed by atoms with Gasteiger partial charge in [-0.2, -0.15) is 0 Å². The minimum Gasteiger partial charge on any atom is -0.488 e. The van der Waals surface area contributed by atoms with Gasteiger partial charge in [0, 0.05) is 4.48 Å². The van der Waals surface area contributed by atoms with E-state index in [9.17, 15) is 4.79 Å². The van der Waals surface area contributed by atoms with Crippen molar-refractivity contribution in [1.29, 1.82) is 0 Å². The molecule has 0 saturated heterocycles. The molecular weight excluding hydrogens is 248 g/mol. The molecule has 1 N–H and O–H groups in total. The van der Waals surface area contributed by atoms with Crippen molar-refractivity contribution in [2.24, 2.45) is 0 Å². The maximum absolute atomic E-state index is 10.5. The molecule has 0 aliphatic heterocycles. The number of hydrogen-bond donors (Lipinski definition) is 1. The molecule has 4 heteroatoms. The lowest BCUT2D eigenvalue weighted by Crippen LogP contribution is -1.98. The van der Waals surface area contributed by atoms with Crippen LogP contribution in [0.15, 0.2) is 35.3 Å². The van der Waals surface area contributed by atoms with Crippen LogP contribution in [0.2, 0.25) is 0 Å². The Labute approximate surface area is 90.1 Å². The first-order valence-corrected chi connectivity index (χ1v) is 4.68. The maximum atomic E-state index is 10.5. The third-order valence-electron chi connectivity index (χ3n) is 1.50. The van der Waals surface area contributed by atoms with Gasteiger partial charge in [0.2, 0.25) is 0 Å². The molecule has 0 spiro atoms. The molecule has 0 aromatic heterocycles. The van der Waals surface area contributed by atoms with Crippen molar-refractivity contribution < 1.29 is 14.6 Å². The van der Waals surface area contributed by atoms with Crippen LogP contribution in [0.1, 0.15) is 10.4 Å². The summed E-state index contributed by atoms with van der Waals surface area (Å²) in [6, 6.07) is 6.21. The normalized spacial score (nSPS) is 9.50. The summed E-state index contributed by atoms with van der Waals surface area (Å²) in [7, 11) is 0. The van der Waals surface area contributed by atoms with Crippen molar-refractivity contribution in [2.75, 3.05) is 6.61 Å². The lowest BCUT2D eigenvalue weighted by Gasteiger charge is -2.04.